The van der Waals surface area contributed by atoms with Gasteiger partial charge in [-0.2, -0.15) is 0 Å². The molecule has 0 fully saturated rings. The number of unbranched alkanes of at least 4 members (excludes halogenated alkanes) is 1. The second kappa shape index (κ2) is 14.5. The van der Waals surface area contributed by atoms with E-state index in [1.807, 2.05) is 6.07 Å². The molecular formula is C19H34N4O2. The van der Waals surface area contributed by atoms with E-state index in [1.165, 1.54) is 5.69 Å². The summed E-state index contributed by atoms with van der Waals surface area (Å²) < 4.78 is 10.4. The lowest BCUT2D eigenvalue weighted by molar-refractivity contribution is 0.0698. The monoisotopic (exact) mass is 350 g/mol. The van der Waals surface area contributed by atoms with Gasteiger partial charge in [0.2, 0.25) is 0 Å². The largest absolute Gasteiger partial charge is 0.382 e. The van der Waals surface area contributed by atoms with Crippen LogP contribution in [0.3, 0.4) is 0 Å². The molecular weight excluding hydrogens is 316 g/mol. The zero-order valence-electron chi connectivity index (χ0n) is 16.0. The number of guanidine groups is 1. The molecule has 0 atom stereocenters. The number of anilines is 1. The third-order valence-electron chi connectivity index (χ3n) is 3.82. The van der Waals surface area contributed by atoms with Crippen molar-refractivity contribution in [2.24, 2.45) is 4.99 Å². The highest BCUT2D eigenvalue weighted by atomic mass is 16.5. The summed E-state index contributed by atoms with van der Waals surface area (Å²) in [6, 6.07) is 10.5. The molecule has 0 aliphatic carbocycles. The van der Waals surface area contributed by atoms with Gasteiger partial charge in [-0.15, -0.1) is 0 Å². The minimum absolute atomic E-state index is 0.649. The van der Waals surface area contributed by atoms with Crippen LogP contribution in [0.4, 0.5) is 5.69 Å². The Labute approximate surface area is 152 Å². The molecule has 6 heteroatoms. The van der Waals surface area contributed by atoms with Gasteiger partial charge in [0.15, 0.2) is 5.96 Å². The summed E-state index contributed by atoms with van der Waals surface area (Å²) in [5, 5.41) is 6.66. The van der Waals surface area contributed by atoms with E-state index in [9.17, 15) is 0 Å². The van der Waals surface area contributed by atoms with Crippen LogP contribution in [0, 0.1) is 0 Å². The summed E-state index contributed by atoms with van der Waals surface area (Å²) >= 11 is 0. The summed E-state index contributed by atoms with van der Waals surface area (Å²) in [4.78, 5) is 6.53. The zero-order chi connectivity index (χ0) is 18.2. The Morgan fingerprint density at radius 2 is 1.72 bits per heavy atom. The van der Waals surface area contributed by atoms with Crippen LogP contribution in [0.1, 0.15) is 19.3 Å². The molecule has 0 radical (unpaired) electrons. The van der Waals surface area contributed by atoms with E-state index < -0.39 is 0 Å². The van der Waals surface area contributed by atoms with E-state index in [2.05, 4.69) is 51.8 Å². The van der Waals surface area contributed by atoms with Crippen molar-refractivity contribution < 1.29 is 9.47 Å². The normalized spacial score (nSPS) is 11.4. The molecule has 2 N–H and O–H groups in total. The van der Waals surface area contributed by atoms with Gasteiger partial charge in [-0.05, 0) is 31.4 Å². The molecule has 1 rings (SSSR count). The Kier molecular flexibility index (Phi) is 12.4. The minimum atomic E-state index is 0.649. The standard InChI is InChI=1S/C19H34N4O2/c1-20-19(22-13-9-15-25-17-16-24-3)21-12-7-8-14-23(2)18-10-5-4-6-11-18/h4-6,10-11H,7-9,12-17H2,1-3H3,(H2,20,21,22). The first-order valence-electron chi connectivity index (χ1n) is 9.05. The van der Waals surface area contributed by atoms with Gasteiger partial charge in [0.05, 0.1) is 13.2 Å². The molecule has 6 nitrogen and oxygen atoms in total. The van der Waals surface area contributed by atoms with E-state index in [0.717, 1.165) is 51.5 Å². The second-order valence-corrected chi connectivity index (χ2v) is 5.85. The van der Waals surface area contributed by atoms with Crippen molar-refractivity contribution in [1.82, 2.24) is 10.6 Å². The topological polar surface area (TPSA) is 58.1 Å². The molecule has 0 unspecified atom stereocenters. The highest BCUT2D eigenvalue weighted by molar-refractivity contribution is 5.79. The third-order valence-corrected chi connectivity index (χ3v) is 3.82. The molecule has 0 amide bonds. The lowest BCUT2D eigenvalue weighted by atomic mass is 10.2. The van der Waals surface area contributed by atoms with Crippen LogP contribution >= 0.6 is 0 Å². The summed E-state index contributed by atoms with van der Waals surface area (Å²) in [7, 11) is 5.62. The average Bonchev–Trinajstić information content (AvgIpc) is 2.65. The zero-order valence-corrected chi connectivity index (χ0v) is 16.0. The van der Waals surface area contributed by atoms with Gasteiger partial charge < -0.3 is 25.0 Å². The quantitative estimate of drug-likeness (QED) is 0.324. The van der Waals surface area contributed by atoms with Crippen molar-refractivity contribution >= 4 is 11.6 Å². The number of nitrogens with zero attached hydrogens (tertiary/aromatic N) is 2. The highest BCUT2D eigenvalue weighted by Gasteiger charge is 2.00. The van der Waals surface area contributed by atoms with E-state index >= 15 is 0 Å². The van der Waals surface area contributed by atoms with Gasteiger partial charge in [-0.25, -0.2) is 0 Å². The Morgan fingerprint density at radius 3 is 2.40 bits per heavy atom. The first kappa shape index (κ1) is 21.3. The molecule has 0 saturated heterocycles. The minimum Gasteiger partial charge on any atom is -0.382 e. The Morgan fingerprint density at radius 1 is 1.00 bits per heavy atom. The molecule has 0 heterocycles. The van der Waals surface area contributed by atoms with Crippen molar-refractivity contribution in [2.45, 2.75) is 19.3 Å². The van der Waals surface area contributed by atoms with Crippen LogP contribution in [0.5, 0.6) is 0 Å². The van der Waals surface area contributed by atoms with Crippen molar-refractivity contribution in [2.75, 3.05) is 65.6 Å². The van der Waals surface area contributed by atoms with Crippen molar-refractivity contribution in [3.8, 4) is 0 Å². The fourth-order valence-corrected chi connectivity index (χ4v) is 2.34. The first-order valence-corrected chi connectivity index (χ1v) is 9.05. The molecule has 0 spiro atoms. The maximum atomic E-state index is 5.43. The maximum Gasteiger partial charge on any atom is 0.190 e. The number of ether oxygens (including phenoxy) is 2. The van der Waals surface area contributed by atoms with Gasteiger partial charge in [0.1, 0.15) is 0 Å². The lowest BCUT2D eigenvalue weighted by Crippen LogP contribution is -2.38. The molecule has 0 bridgehead atoms. The van der Waals surface area contributed by atoms with Crippen LogP contribution in [0.15, 0.2) is 35.3 Å². The second-order valence-electron chi connectivity index (χ2n) is 5.85. The number of para-hydroxylation sites is 1. The van der Waals surface area contributed by atoms with Crippen molar-refractivity contribution in [3.05, 3.63) is 30.3 Å². The van der Waals surface area contributed by atoms with Crippen LogP contribution in [0.25, 0.3) is 0 Å². The summed E-state index contributed by atoms with van der Waals surface area (Å²) in [6.45, 7) is 4.86. The van der Waals surface area contributed by atoms with Crippen molar-refractivity contribution in [3.63, 3.8) is 0 Å². The lowest BCUT2D eigenvalue weighted by Gasteiger charge is -2.19. The summed E-state index contributed by atoms with van der Waals surface area (Å²) in [6.07, 6.45) is 3.20. The summed E-state index contributed by atoms with van der Waals surface area (Å²) in [5.74, 6) is 0.855. The number of hydrogen-bond donors (Lipinski definition) is 2. The number of methoxy groups -OCH3 is 1. The summed E-state index contributed by atoms with van der Waals surface area (Å²) in [5.41, 5.74) is 1.26. The molecule has 0 aromatic heterocycles. The number of benzene rings is 1. The smallest absolute Gasteiger partial charge is 0.190 e. The van der Waals surface area contributed by atoms with Gasteiger partial charge in [-0.1, -0.05) is 18.2 Å². The molecule has 0 aliphatic heterocycles. The highest BCUT2D eigenvalue weighted by Crippen LogP contribution is 2.11. The fourth-order valence-electron chi connectivity index (χ4n) is 2.34. The SMILES string of the molecule is CN=C(NCCCCN(C)c1ccccc1)NCCCOCCOC. The molecule has 142 valence electrons. The predicted molar refractivity (Wildman–Crippen MR) is 106 cm³/mol. The average molecular weight is 351 g/mol. The maximum absolute atomic E-state index is 5.43. The number of rotatable bonds is 13. The number of nitrogens with one attached hydrogen (secondary N) is 2. The van der Waals surface area contributed by atoms with Crippen LogP contribution in [-0.2, 0) is 9.47 Å². The molecule has 0 saturated carbocycles. The molecule has 0 aliphatic rings. The molecule has 1 aromatic carbocycles. The third kappa shape index (κ3) is 10.6. The predicted octanol–water partition coefficient (Wildman–Crippen LogP) is 2.12. The van der Waals surface area contributed by atoms with Crippen LogP contribution in [-0.4, -0.2) is 66.6 Å². The van der Waals surface area contributed by atoms with Gasteiger partial charge >= 0.3 is 0 Å². The van der Waals surface area contributed by atoms with Gasteiger partial charge in [0.25, 0.3) is 0 Å². The van der Waals surface area contributed by atoms with E-state index in [0.29, 0.717) is 13.2 Å². The Bertz CT molecular complexity index is 454. The Balaban J connectivity index is 2.01. The van der Waals surface area contributed by atoms with E-state index in [4.69, 9.17) is 9.47 Å². The van der Waals surface area contributed by atoms with E-state index in [-0.39, 0.29) is 0 Å². The molecule has 25 heavy (non-hydrogen) atoms. The van der Waals surface area contributed by atoms with Gasteiger partial charge in [-0.3, -0.25) is 4.99 Å². The van der Waals surface area contributed by atoms with Crippen LogP contribution < -0.4 is 15.5 Å². The van der Waals surface area contributed by atoms with E-state index in [1.54, 1.807) is 14.2 Å². The fraction of sp³-hybridized carbons (Fsp3) is 0.632. The van der Waals surface area contributed by atoms with Gasteiger partial charge in [0, 0.05) is 53.1 Å². The number of hydrogen-bond acceptors (Lipinski definition) is 4. The Hall–Kier alpha value is -1.79. The van der Waals surface area contributed by atoms with Crippen LogP contribution in [0.2, 0.25) is 0 Å². The first-order chi connectivity index (χ1) is 12.3. The van der Waals surface area contributed by atoms with Crippen molar-refractivity contribution in [1.29, 1.82) is 0 Å². The molecule has 1 aromatic rings. The number of aliphatic imine (C=N–C) groups is 1.